The Morgan fingerprint density at radius 1 is 1.08 bits per heavy atom. The number of rotatable bonds is 3. The van der Waals surface area contributed by atoms with E-state index in [1.54, 1.807) is 9.21 Å². The number of ether oxygens (including phenoxy) is 1. The van der Waals surface area contributed by atoms with Crippen molar-refractivity contribution in [3.63, 3.8) is 0 Å². The molecule has 6 nitrogen and oxygen atoms in total. The zero-order valence-corrected chi connectivity index (χ0v) is 14.3. The molecule has 3 fully saturated rings. The maximum absolute atomic E-state index is 12.7. The van der Waals surface area contributed by atoms with Gasteiger partial charge in [0.2, 0.25) is 10.0 Å². The van der Waals surface area contributed by atoms with Crippen molar-refractivity contribution in [1.29, 1.82) is 0 Å². The van der Waals surface area contributed by atoms with Crippen LogP contribution in [-0.2, 0) is 14.8 Å². The van der Waals surface area contributed by atoms with Crippen LogP contribution < -0.4 is 0 Å². The van der Waals surface area contributed by atoms with Gasteiger partial charge in [-0.2, -0.15) is 4.31 Å². The van der Waals surface area contributed by atoms with Crippen LogP contribution in [0.3, 0.4) is 0 Å². The van der Waals surface area contributed by atoms with Gasteiger partial charge in [0.05, 0.1) is 18.0 Å². The summed E-state index contributed by atoms with van der Waals surface area (Å²) in [6.07, 6.45) is 1.44. The summed E-state index contributed by atoms with van der Waals surface area (Å²) in [7, 11) is -3.18. The molecule has 0 N–H and O–H groups in total. The molecule has 0 radical (unpaired) electrons. The van der Waals surface area contributed by atoms with E-state index in [-0.39, 0.29) is 23.2 Å². The Morgan fingerprint density at radius 3 is 2.54 bits per heavy atom. The van der Waals surface area contributed by atoms with Gasteiger partial charge in [-0.15, -0.1) is 0 Å². The average molecular weight is 350 g/mol. The normalized spacial score (nSPS) is 28.4. The minimum absolute atomic E-state index is 0.0108. The van der Waals surface area contributed by atoms with E-state index < -0.39 is 10.0 Å². The lowest BCUT2D eigenvalue weighted by Crippen LogP contribution is -2.38. The molecule has 24 heavy (non-hydrogen) atoms. The van der Waals surface area contributed by atoms with Gasteiger partial charge in [0.25, 0.3) is 5.91 Å². The molecule has 0 spiro atoms. The van der Waals surface area contributed by atoms with Gasteiger partial charge in [-0.25, -0.2) is 8.42 Å². The van der Waals surface area contributed by atoms with Crippen molar-refractivity contribution in [2.75, 3.05) is 32.8 Å². The predicted octanol–water partition coefficient (Wildman–Crippen LogP) is 0.952. The van der Waals surface area contributed by atoms with Crippen molar-refractivity contribution in [2.24, 2.45) is 5.92 Å². The third-order valence-electron chi connectivity index (χ3n) is 5.11. The molecule has 2 aliphatic heterocycles. The fourth-order valence-electron chi connectivity index (χ4n) is 3.59. The standard InChI is InChI=1S/C17H22N2O4S/c20-17(13-4-2-1-3-5-13)18-8-9-23-16-12-19(11-14(16)10-18)24(21,22)15-6-7-15/h1-5,14-16H,6-12H2/t14-,16+/m0/s1. The van der Waals surface area contributed by atoms with E-state index >= 15 is 0 Å². The summed E-state index contributed by atoms with van der Waals surface area (Å²) in [4.78, 5) is 14.5. The van der Waals surface area contributed by atoms with Gasteiger partial charge in [0.15, 0.2) is 0 Å². The van der Waals surface area contributed by atoms with Gasteiger partial charge in [0.1, 0.15) is 0 Å². The molecule has 7 heteroatoms. The van der Waals surface area contributed by atoms with Crippen molar-refractivity contribution in [3.8, 4) is 0 Å². The molecule has 2 atom stereocenters. The Morgan fingerprint density at radius 2 is 1.83 bits per heavy atom. The summed E-state index contributed by atoms with van der Waals surface area (Å²) >= 11 is 0. The van der Waals surface area contributed by atoms with E-state index in [9.17, 15) is 13.2 Å². The van der Waals surface area contributed by atoms with E-state index in [2.05, 4.69) is 0 Å². The van der Waals surface area contributed by atoms with E-state index in [0.717, 1.165) is 12.8 Å². The maximum atomic E-state index is 12.7. The zero-order chi connectivity index (χ0) is 16.7. The second-order valence-electron chi connectivity index (χ2n) is 6.85. The molecular weight excluding hydrogens is 328 g/mol. The topological polar surface area (TPSA) is 66.9 Å². The van der Waals surface area contributed by atoms with Crippen molar-refractivity contribution < 1.29 is 17.9 Å². The lowest BCUT2D eigenvalue weighted by atomic mass is 10.1. The van der Waals surface area contributed by atoms with Gasteiger partial charge in [0, 0.05) is 37.7 Å². The summed E-state index contributed by atoms with van der Waals surface area (Å²) < 4.78 is 32.4. The monoisotopic (exact) mass is 350 g/mol. The first kappa shape index (κ1) is 16.1. The van der Waals surface area contributed by atoms with Crippen molar-refractivity contribution in [3.05, 3.63) is 35.9 Å². The fourth-order valence-corrected chi connectivity index (χ4v) is 5.50. The lowest BCUT2D eigenvalue weighted by molar-refractivity contribution is 0.0537. The van der Waals surface area contributed by atoms with Crippen LogP contribution in [0, 0.1) is 5.92 Å². The number of carbonyl (C=O) groups is 1. The number of sulfonamides is 1. The first-order chi connectivity index (χ1) is 11.6. The van der Waals surface area contributed by atoms with Crippen LogP contribution in [0.25, 0.3) is 0 Å². The van der Waals surface area contributed by atoms with Crippen LogP contribution in [-0.4, -0.2) is 67.7 Å². The third-order valence-corrected chi connectivity index (χ3v) is 7.44. The zero-order valence-electron chi connectivity index (χ0n) is 13.5. The number of fused-ring (bicyclic) bond motifs is 1. The molecule has 1 aliphatic carbocycles. The molecule has 0 aromatic heterocycles. The van der Waals surface area contributed by atoms with E-state index in [1.165, 1.54) is 0 Å². The average Bonchev–Trinajstić information content (AvgIpc) is 3.40. The Labute approximate surface area is 142 Å². The van der Waals surface area contributed by atoms with Gasteiger partial charge < -0.3 is 9.64 Å². The van der Waals surface area contributed by atoms with Crippen LogP contribution in [0.4, 0.5) is 0 Å². The van der Waals surface area contributed by atoms with E-state index in [1.807, 2.05) is 30.3 Å². The highest BCUT2D eigenvalue weighted by molar-refractivity contribution is 7.90. The number of carbonyl (C=O) groups excluding carboxylic acids is 1. The number of amides is 1. The Bertz CT molecular complexity index is 717. The fraction of sp³-hybridized carbons (Fsp3) is 0.588. The first-order valence-corrected chi connectivity index (χ1v) is 10.0. The SMILES string of the molecule is O=C(c1ccccc1)N1CCO[C@@H]2CN(S(=O)(=O)C3CC3)C[C@@H]2C1. The van der Waals surface area contributed by atoms with Gasteiger partial charge in [-0.1, -0.05) is 18.2 Å². The summed E-state index contributed by atoms with van der Waals surface area (Å²) in [5, 5.41) is -0.193. The second-order valence-corrected chi connectivity index (χ2v) is 9.06. The molecule has 0 bridgehead atoms. The number of benzene rings is 1. The summed E-state index contributed by atoms with van der Waals surface area (Å²) in [6.45, 7) is 2.45. The summed E-state index contributed by atoms with van der Waals surface area (Å²) in [6, 6.07) is 9.21. The molecule has 2 heterocycles. The first-order valence-electron chi connectivity index (χ1n) is 8.50. The van der Waals surface area contributed by atoms with E-state index in [4.69, 9.17) is 4.74 Å². The second kappa shape index (κ2) is 6.13. The minimum atomic E-state index is -3.18. The van der Waals surface area contributed by atoms with Gasteiger partial charge in [-0.3, -0.25) is 4.79 Å². The van der Waals surface area contributed by atoms with Gasteiger partial charge in [-0.05, 0) is 25.0 Å². The minimum Gasteiger partial charge on any atom is -0.375 e. The van der Waals surface area contributed by atoms with Crippen molar-refractivity contribution in [2.45, 2.75) is 24.2 Å². The largest absolute Gasteiger partial charge is 0.375 e. The molecule has 1 amide bonds. The Kier molecular flexibility index (Phi) is 4.10. The highest BCUT2D eigenvalue weighted by Crippen LogP contribution is 2.35. The number of hydrogen-bond donors (Lipinski definition) is 0. The highest BCUT2D eigenvalue weighted by atomic mass is 32.2. The van der Waals surface area contributed by atoms with Crippen molar-refractivity contribution in [1.82, 2.24) is 9.21 Å². The number of hydrogen-bond acceptors (Lipinski definition) is 4. The summed E-state index contributed by atoms with van der Waals surface area (Å²) in [5.41, 5.74) is 0.663. The van der Waals surface area contributed by atoms with Crippen LogP contribution in [0.1, 0.15) is 23.2 Å². The molecule has 3 aliphatic rings. The lowest BCUT2D eigenvalue weighted by Gasteiger charge is -2.23. The predicted molar refractivity (Wildman–Crippen MR) is 89.1 cm³/mol. The molecule has 2 saturated heterocycles. The molecule has 1 aromatic rings. The molecule has 4 rings (SSSR count). The summed E-state index contributed by atoms with van der Waals surface area (Å²) in [5.74, 6) is 0.0389. The Balaban J connectivity index is 1.48. The third kappa shape index (κ3) is 2.96. The van der Waals surface area contributed by atoms with Crippen molar-refractivity contribution >= 4 is 15.9 Å². The molecule has 130 valence electrons. The smallest absolute Gasteiger partial charge is 0.253 e. The number of nitrogens with zero attached hydrogens (tertiary/aromatic N) is 2. The van der Waals surface area contributed by atoms with Crippen LogP contribution in [0.2, 0.25) is 0 Å². The van der Waals surface area contributed by atoms with E-state index in [0.29, 0.717) is 38.3 Å². The molecule has 1 saturated carbocycles. The maximum Gasteiger partial charge on any atom is 0.253 e. The van der Waals surface area contributed by atoms with Gasteiger partial charge >= 0.3 is 0 Å². The molecule has 1 aromatic carbocycles. The Hall–Kier alpha value is -1.44. The molecule has 0 unspecified atom stereocenters. The van der Waals surface area contributed by atoms with Crippen LogP contribution >= 0.6 is 0 Å². The van der Waals surface area contributed by atoms with Crippen LogP contribution in [0.15, 0.2) is 30.3 Å². The van der Waals surface area contributed by atoms with Crippen LogP contribution in [0.5, 0.6) is 0 Å². The molecular formula is C17H22N2O4S. The quantitative estimate of drug-likeness (QED) is 0.814. The highest BCUT2D eigenvalue weighted by Gasteiger charge is 2.47.